The van der Waals surface area contributed by atoms with Crippen molar-refractivity contribution in [2.75, 3.05) is 0 Å². The molecule has 6 rings (SSSR count). The molecule has 14 heteroatoms. The molecule has 3 aromatic heterocycles. The molecule has 45 heavy (non-hydrogen) atoms. The summed E-state index contributed by atoms with van der Waals surface area (Å²) in [5.74, 6) is -0.897. The highest BCUT2D eigenvalue weighted by atomic mass is 32.2. The molecule has 0 saturated heterocycles. The van der Waals surface area contributed by atoms with E-state index in [4.69, 9.17) is 0 Å². The monoisotopic (exact) mass is 642 g/mol. The lowest BCUT2D eigenvalue weighted by atomic mass is 9.60. The minimum absolute atomic E-state index is 0.0752. The number of allylic oxidation sites excluding steroid dienone is 1. The maximum Gasteiger partial charge on any atom is 0.417 e. The highest BCUT2D eigenvalue weighted by Crippen LogP contribution is 2.51. The number of Topliss-reactive ketones (excluding diaryl/α,β-unsaturated/α-hetero) is 1. The van der Waals surface area contributed by atoms with E-state index in [2.05, 4.69) is 15.2 Å². The van der Waals surface area contributed by atoms with E-state index in [1.54, 1.807) is 43.9 Å². The second-order valence-corrected chi connectivity index (χ2v) is 13.6. The van der Waals surface area contributed by atoms with E-state index in [9.17, 15) is 30.8 Å². The Balaban J connectivity index is 1.45. The molecule has 0 N–H and O–H groups in total. The van der Waals surface area contributed by atoms with Crippen molar-refractivity contribution >= 4 is 21.9 Å². The third-order valence-corrected chi connectivity index (χ3v) is 10.6. The van der Waals surface area contributed by atoms with Crippen molar-refractivity contribution in [1.82, 2.24) is 28.9 Å². The Labute approximate surface area is 257 Å². The van der Waals surface area contributed by atoms with Crippen LogP contribution >= 0.6 is 0 Å². The number of sulfonamides is 1. The van der Waals surface area contributed by atoms with Crippen LogP contribution in [0.2, 0.25) is 0 Å². The van der Waals surface area contributed by atoms with Crippen molar-refractivity contribution in [1.29, 1.82) is 0 Å². The Bertz CT molecular complexity index is 1900. The van der Waals surface area contributed by atoms with Gasteiger partial charge < -0.3 is 0 Å². The molecule has 0 amide bonds. The molecule has 4 aromatic rings. The number of ketones is 1. The highest BCUT2D eigenvalue weighted by molar-refractivity contribution is 7.89. The number of aryl methyl sites for hydroxylation is 1. The molecule has 3 heterocycles. The van der Waals surface area contributed by atoms with Gasteiger partial charge in [-0.3, -0.25) is 14.5 Å². The number of rotatable bonds is 7. The largest absolute Gasteiger partial charge is 0.417 e. The molecule has 1 aromatic carbocycles. The third-order valence-electron chi connectivity index (χ3n) is 8.56. The molecule has 1 saturated carbocycles. The van der Waals surface area contributed by atoms with Crippen LogP contribution in [0.25, 0.3) is 11.8 Å². The summed E-state index contributed by atoms with van der Waals surface area (Å²) in [6.45, 7) is 3.51. The Morgan fingerprint density at radius 1 is 1.09 bits per heavy atom. The fraction of sp³-hybridized carbons (Fsp3) is 0.355. The predicted octanol–water partition coefficient (Wildman–Crippen LogP) is 5.62. The summed E-state index contributed by atoms with van der Waals surface area (Å²) < 4.78 is 85.8. The molecule has 1 fully saturated rings. The number of carbonyl (C=O) groups excluding carboxylic acids is 1. The molecule has 0 unspecified atom stereocenters. The Morgan fingerprint density at radius 2 is 1.82 bits per heavy atom. The maximum atomic E-state index is 14.5. The van der Waals surface area contributed by atoms with E-state index < -0.39 is 50.9 Å². The van der Waals surface area contributed by atoms with Crippen LogP contribution in [-0.2, 0) is 29.7 Å². The first kappa shape index (κ1) is 30.8. The van der Waals surface area contributed by atoms with Crippen LogP contribution in [0.15, 0.2) is 71.7 Å². The van der Waals surface area contributed by atoms with E-state index in [1.165, 1.54) is 33.4 Å². The average Bonchev–Trinajstić information content (AvgIpc) is 3.61. The number of hydrogen-bond donors (Lipinski definition) is 0. The van der Waals surface area contributed by atoms with Crippen molar-refractivity contribution in [3.8, 4) is 5.69 Å². The van der Waals surface area contributed by atoms with Crippen molar-refractivity contribution < 1.29 is 30.8 Å². The van der Waals surface area contributed by atoms with Gasteiger partial charge in [-0.2, -0.15) is 27.7 Å². The number of nitrogens with zero attached hydrogens (tertiary/aromatic N) is 6. The van der Waals surface area contributed by atoms with Gasteiger partial charge in [0.2, 0.25) is 0 Å². The van der Waals surface area contributed by atoms with Crippen LogP contribution in [0.4, 0.5) is 17.6 Å². The van der Waals surface area contributed by atoms with Gasteiger partial charge in [0.25, 0.3) is 10.0 Å². The van der Waals surface area contributed by atoms with E-state index in [1.807, 2.05) is 6.08 Å². The topological polar surface area (TPSA) is 103 Å². The van der Waals surface area contributed by atoms with Gasteiger partial charge >= 0.3 is 6.18 Å². The number of carbonyl (C=O) groups is 1. The first-order valence-corrected chi connectivity index (χ1v) is 15.8. The Kier molecular flexibility index (Phi) is 7.55. The second kappa shape index (κ2) is 11.0. The van der Waals surface area contributed by atoms with Gasteiger partial charge in [-0.15, -0.1) is 0 Å². The van der Waals surface area contributed by atoms with Crippen molar-refractivity contribution in [3.05, 3.63) is 95.0 Å². The number of fused-ring (bicyclic) bond motifs is 2. The molecular formula is C31H30F4N6O3S. The van der Waals surface area contributed by atoms with Crippen molar-refractivity contribution in [2.45, 2.75) is 62.8 Å². The summed E-state index contributed by atoms with van der Waals surface area (Å²) in [6.07, 6.45) is 1.94. The molecule has 9 nitrogen and oxygen atoms in total. The first-order chi connectivity index (χ1) is 21.2. The number of hydrogen-bond acceptors (Lipinski definition) is 6. The molecule has 0 spiro atoms. The summed E-state index contributed by atoms with van der Waals surface area (Å²) in [5, 5.41) is 8.52. The maximum absolute atomic E-state index is 14.5. The predicted molar refractivity (Wildman–Crippen MR) is 156 cm³/mol. The molecule has 2 aliphatic rings. The number of benzene rings is 1. The molecule has 236 valence electrons. The van der Waals surface area contributed by atoms with Crippen LogP contribution in [0.1, 0.15) is 60.4 Å². The van der Waals surface area contributed by atoms with Gasteiger partial charge in [-0.1, -0.05) is 5.57 Å². The van der Waals surface area contributed by atoms with E-state index in [0.29, 0.717) is 41.6 Å². The zero-order valence-electron chi connectivity index (χ0n) is 24.7. The van der Waals surface area contributed by atoms with Crippen LogP contribution in [0.3, 0.4) is 0 Å². The number of pyridine rings is 1. The number of halogens is 4. The van der Waals surface area contributed by atoms with Gasteiger partial charge in [0.1, 0.15) is 11.5 Å². The Morgan fingerprint density at radius 3 is 2.42 bits per heavy atom. The molecule has 2 aliphatic carbocycles. The minimum Gasteiger partial charge on any atom is -0.291 e. The average molecular weight is 643 g/mol. The first-order valence-electron chi connectivity index (χ1n) is 14.4. The summed E-state index contributed by atoms with van der Waals surface area (Å²) >= 11 is 0. The summed E-state index contributed by atoms with van der Waals surface area (Å²) in [6, 6.07) is 8.01. The lowest BCUT2D eigenvalue weighted by Gasteiger charge is -2.47. The second-order valence-electron chi connectivity index (χ2n) is 11.8. The van der Waals surface area contributed by atoms with Gasteiger partial charge in [-0.25, -0.2) is 17.5 Å². The van der Waals surface area contributed by atoms with E-state index in [0.717, 1.165) is 12.1 Å². The van der Waals surface area contributed by atoms with Gasteiger partial charge in [0.05, 0.1) is 28.6 Å². The van der Waals surface area contributed by atoms with Gasteiger partial charge in [0.15, 0.2) is 10.8 Å². The normalized spacial score (nSPS) is 20.2. The smallest absolute Gasteiger partial charge is 0.291 e. The molecular weight excluding hydrogens is 612 g/mol. The Hall–Kier alpha value is -4.17. The lowest BCUT2D eigenvalue weighted by Crippen LogP contribution is -2.52. The van der Waals surface area contributed by atoms with Crippen LogP contribution in [-0.4, -0.2) is 55.1 Å². The molecule has 0 bridgehead atoms. The fourth-order valence-electron chi connectivity index (χ4n) is 6.56. The van der Waals surface area contributed by atoms with Crippen molar-refractivity contribution in [3.63, 3.8) is 0 Å². The zero-order chi connectivity index (χ0) is 32.3. The molecule has 2 atom stereocenters. The summed E-state index contributed by atoms with van der Waals surface area (Å²) in [5.41, 5.74) is 0.278. The quantitative estimate of drug-likeness (QED) is 0.192. The van der Waals surface area contributed by atoms with E-state index >= 15 is 0 Å². The van der Waals surface area contributed by atoms with Gasteiger partial charge in [-0.05, 0) is 93.6 Å². The molecule has 0 radical (unpaired) electrons. The SMILES string of the molecule is CC(C)N([C@H]1CCC2=Cc3c(cnn3-c3ccc(F)cc3)C[C@]2(C(=O)c2ccc(C(F)(F)F)cn2)C1)S(=O)(=O)c1ccn(C)n1. The zero-order valence-corrected chi connectivity index (χ0v) is 25.5. The fourth-order valence-corrected chi connectivity index (χ4v) is 8.37. The summed E-state index contributed by atoms with van der Waals surface area (Å²) in [4.78, 5) is 18.4. The van der Waals surface area contributed by atoms with Crippen LogP contribution in [0.5, 0.6) is 0 Å². The summed E-state index contributed by atoms with van der Waals surface area (Å²) in [7, 11) is -2.45. The van der Waals surface area contributed by atoms with Gasteiger partial charge in [0, 0.05) is 31.5 Å². The number of aromatic nitrogens is 5. The third kappa shape index (κ3) is 5.39. The lowest BCUT2D eigenvalue weighted by molar-refractivity contribution is -0.137. The minimum atomic E-state index is -4.62. The van der Waals surface area contributed by atoms with Crippen LogP contribution < -0.4 is 0 Å². The van der Waals surface area contributed by atoms with Crippen LogP contribution in [0, 0.1) is 11.2 Å². The highest BCUT2D eigenvalue weighted by Gasteiger charge is 2.52. The number of alkyl halides is 3. The molecule has 0 aliphatic heterocycles. The van der Waals surface area contributed by atoms with Crippen molar-refractivity contribution in [2.24, 2.45) is 12.5 Å². The standard InChI is InChI=1S/C31H30F4N6O3S/c1-19(2)41(45(43,44)28-12-13-39(3)38-28)25-8-4-21-14-27-20(17-37-40(27)24-9-6-23(32)7-10-24)15-30(21,16-25)29(42)26-11-5-22(18-36-26)31(33,34)35/h5-7,9-14,17-19,25H,4,8,15-16H2,1-3H3/t25-,30-/m0/s1. The van der Waals surface area contributed by atoms with E-state index in [-0.39, 0.29) is 23.6 Å².